The van der Waals surface area contributed by atoms with Gasteiger partial charge in [-0.3, -0.25) is 10.1 Å². The fraction of sp³-hybridized carbons (Fsp3) is 0.538. The van der Waals surface area contributed by atoms with Gasteiger partial charge < -0.3 is 15.1 Å². The highest BCUT2D eigenvalue weighted by molar-refractivity contribution is 5.65. The predicted molar refractivity (Wildman–Crippen MR) is 71.5 cm³/mol. The zero-order chi connectivity index (χ0) is 16.5. The lowest BCUT2D eigenvalue weighted by Gasteiger charge is -2.36. The molecule has 1 aromatic carbocycles. The molecule has 9 heteroatoms. The third-order valence-corrected chi connectivity index (χ3v) is 3.80. The predicted octanol–water partition coefficient (Wildman–Crippen LogP) is 1.79. The Morgan fingerprint density at radius 3 is 2.59 bits per heavy atom. The SMILES string of the molecule is O=[N+]([O-])c1cc(C(F)(F)F)ccc1N1CC[C@@H](CO)[C@H](O)C1. The van der Waals surface area contributed by atoms with E-state index in [1.165, 1.54) is 4.90 Å². The van der Waals surface area contributed by atoms with Crippen molar-refractivity contribution in [1.29, 1.82) is 0 Å². The Kier molecular flexibility index (Phi) is 4.57. The lowest BCUT2D eigenvalue weighted by atomic mass is 9.94. The molecule has 0 radical (unpaired) electrons. The molecule has 0 unspecified atom stereocenters. The number of nitro groups is 1. The highest BCUT2D eigenvalue weighted by Crippen LogP contribution is 2.37. The van der Waals surface area contributed by atoms with Gasteiger partial charge in [0.1, 0.15) is 5.69 Å². The van der Waals surface area contributed by atoms with Gasteiger partial charge >= 0.3 is 6.18 Å². The van der Waals surface area contributed by atoms with Gasteiger partial charge in [-0.05, 0) is 18.6 Å². The first-order chi connectivity index (χ1) is 10.2. The molecule has 6 nitrogen and oxygen atoms in total. The molecule has 1 aliphatic rings. The third-order valence-electron chi connectivity index (χ3n) is 3.80. The van der Waals surface area contributed by atoms with Crippen LogP contribution in [-0.4, -0.2) is 40.9 Å². The number of piperidine rings is 1. The lowest BCUT2D eigenvalue weighted by molar-refractivity contribution is -0.384. The first kappa shape index (κ1) is 16.5. The molecular formula is C13H15F3N2O4. The molecule has 22 heavy (non-hydrogen) atoms. The van der Waals surface area contributed by atoms with Gasteiger partial charge in [0.05, 0.1) is 16.6 Å². The van der Waals surface area contributed by atoms with Gasteiger partial charge in [0, 0.05) is 31.7 Å². The summed E-state index contributed by atoms with van der Waals surface area (Å²) in [6, 6.07) is 2.33. The molecule has 0 bridgehead atoms. The average Bonchev–Trinajstić information content (AvgIpc) is 2.45. The maximum atomic E-state index is 12.7. The molecule has 0 saturated carbocycles. The van der Waals surface area contributed by atoms with Gasteiger partial charge in [-0.15, -0.1) is 0 Å². The van der Waals surface area contributed by atoms with Crippen LogP contribution in [0.2, 0.25) is 0 Å². The van der Waals surface area contributed by atoms with E-state index in [2.05, 4.69) is 0 Å². The number of hydrogen-bond donors (Lipinski definition) is 2. The summed E-state index contributed by atoms with van der Waals surface area (Å²) in [5, 5.41) is 30.0. The second kappa shape index (κ2) is 6.09. The number of nitro benzene ring substituents is 1. The summed E-state index contributed by atoms with van der Waals surface area (Å²) in [4.78, 5) is 11.7. The van der Waals surface area contributed by atoms with Gasteiger partial charge in [0.25, 0.3) is 5.69 Å². The number of nitrogens with zero attached hydrogens (tertiary/aromatic N) is 2. The molecule has 0 amide bonds. The summed E-state index contributed by atoms with van der Waals surface area (Å²) in [5.41, 5.74) is -1.70. The number of hydrogen-bond acceptors (Lipinski definition) is 5. The van der Waals surface area contributed by atoms with E-state index in [4.69, 9.17) is 5.11 Å². The second-order valence-corrected chi connectivity index (χ2v) is 5.20. The molecule has 1 fully saturated rings. The smallest absolute Gasteiger partial charge is 0.396 e. The van der Waals surface area contributed by atoms with Crippen LogP contribution in [0, 0.1) is 16.0 Å². The Labute approximate surface area is 123 Å². The molecule has 2 atom stereocenters. The highest BCUT2D eigenvalue weighted by atomic mass is 19.4. The van der Waals surface area contributed by atoms with Gasteiger partial charge in [-0.1, -0.05) is 0 Å². The standard InChI is InChI=1S/C13H15F3N2O4/c14-13(15,16)9-1-2-10(11(5-9)18(21)22)17-4-3-8(7-19)12(20)6-17/h1-2,5,8,12,19-20H,3-4,6-7H2/t8-,12+/m0/s1. The van der Waals surface area contributed by atoms with Crippen LogP contribution < -0.4 is 4.90 Å². The number of rotatable bonds is 3. The quantitative estimate of drug-likeness (QED) is 0.655. The first-order valence-corrected chi connectivity index (χ1v) is 6.63. The van der Waals surface area contributed by atoms with E-state index in [1.54, 1.807) is 0 Å². The molecule has 1 saturated heterocycles. The van der Waals surface area contributed by atoms with Crippen LogP contribution in [0.25, 0.3) is 0 Å². The molecule has 0 spiro atoms. The van der Waals surface area contributed by atoms with E-state index in [9.17, 15) is 28.4 Å². The minimum Gasteiger partial charge on any atom is -0.396 e. The second-order valence-electron chi connectivity index (χ2n) is 5.20. The molecule has 0 aliphatic carbocycles. The lowest BCUT2D eigenvalue weighted by Crippen LogP contribution is -2.45. The average molecular weight is 320 g/mol. The van der Waals surface area contributed by atoms with Crippen molar-refractivity contribution in [3.63, 3.8) is 0 Å². The van der Waals surface area contributed by atoms with Crippen LogP contribution >= 0.6 is 0 Å². The minimum atomic E-state index is -4.66. The fourth-order valence-electron chi connectivity index (χ4n) is 2.53. The number of halogens is 3. The Morgan fingerprint density at radius 1 is 1.41 bits per heavy atom. The molecule has 2 rings (SSSR count). The Hall–Kier alpha value is -1.87. The molecule has 122 valence electrons. The van der Waals surface area contributed by atoms with Crippen LogP contribution in [0.1, 0.15) is 12.0 Å². The van der Waals surface area contributed by atoms with E-state index in [-0.39, 0.29) is 24.8 Å². The van der Waals surface area contributed by atoms with Gasteiger partial charge in [0.15, 0.2) is 0 Å². The van der Waals surface area contributed by atoms with Gasteiger partial charge in [-0.2, -0.15) is 13.2 Å². The topological polar surface area (TPSA) is 86.8 Å². The molecule has 1 aliphatic heterocycles. The summed E-state index contributed by atoms with van der Waals surface area (Å²) < 4.78 is 38.0. The minimum absolute atomic E-state index is 0.0252. The zero-order valence-electron chi connectivity index (χ0n) is 11.5. The first-order valence-electron chi connectivity index (χ1n) is 6.63. The molecule has 1 aromatic rings. The maximum absolute atomic E-state index is 12.7. The monoisotopic (exact) mass is 320 g/mol. The molecule has 1 heterocycles. The van der Waals surface area contributed by atoms with Crippen molar-refractivity contribution in [3.8, 4) is 0 Å². The summed E-state index contributed by atoms with van der Waals surface area (Å²) in [6.07, 6.45) is -5.15. The van der Waals surface area contributed by atoms with Crippen LogP contribution in [-0.2, 0) is 6.18 Å². The van der Waals surface area contributed by atoms with Gasteiger partial charge in [-0.25, -0.2) is 0 Å². The summed E-state index contributed by atoms with van der Waals surface area (Å²) in [5.74, 6) is -0.329. The number of β-amino-alcohol motifs (C(OH)–C–C–N with tert-alkyl or cyclic N) is 1. The van der Waals surface area contributed by atoms with Crippen molar-refractivity contribution < 1.29 is 28.3 Å². The summed E-state index contributed by atoms with van der Waals surface area (Å²) in [6.45, 7) is 0.135. The summed E-state index contributed by atoms with van der Waals surface area (Å²) >= 11 is 0. The third kappa shape index (κ3) is 3.30. The molecule has 0 aromatic heterocycles. The van der Waals surface area contributed by atoms with Crippen molar-refractivity contribution in [2.24, 2.45) is 5.92 Å². The number of benzene rings is 1. The van der Waals surface area contributed by atoms with E-state index < -0.39 is 28.5 Å². The van der Waals surface area contributed by atoms with Crippen molar-refractivity contribution >= 4 is 11.4 Å². The van der Waals surface area contributed by atoms with E-state index in [0.29, 0.717) is 19.0 Å². The highest BCUT2D eigenvalue weighted by Gasteiger charge is 2.35. The van der Waals surface area contributed by atoms with Crippen LogP contribution in [0.15, 0.2) is 18.2 Å². The number of alkyl halides is 3. The van der Waals surface area contributed by atoms with Gasteiger partial charge in [0.2, 0.25) is 0 Å². The Balaban J connectivity index is 2.33. The largest absolute Gasteiger partial charge is 0.416 e. The van der Waals surface area contributed by atoms with E-state index >= 15 is 0 Å². The maximum Gasteiger partial charge on any atom is 0.416 e. The number of aliphatic hydroxyl groups excluding tert-OH is 2. The fourth-order valence-corrected chi connectivity index (χ4v) is 2.53. The number of anilines is 1. The van der Waals surface area contributed by atoms with Crippen molar-refractivity contribution in [3.05, 3.63) is 33.9 Å². The zero-order valence-corrected chi connectivity index (χ0v) is 11.5. The van der Waals surface area contributed by atoms with Crippen molar-refractivity contribution in [1.82, 2.24) is 0 Å². The number of aliphatic hydroxyl groups is 2. The summed E-state index contributed by atoms with van der Waals surface area (Å²) in [7, 11) is 0. The Bertz CT molecular complexity index is 565. The molecular weight excluding hydrogens is 305 g/mol. The van der Waals surface area contributed by atoms with Crippen molar-refractivity contribution in [2.75, 3.05) is 24.6 Å². The van der Waals surface area contributed by atoms with E-state index in [0.717, 1.165) is 12.1 Å². The Morgan fingerprint density at radius 2 is 2.09 bits per heavy atom. The van der Waals surface area contributed by atoms with Crippen LogP contribution in [0.4, 0.5) is 24.5 Å². The van der Waals surface area contributed by atoms with Crippen LogP contribution in [0.5, 0.6) is 0 Å². The van der Waals surface area contributed by atoms with Crippen LogP contribution in [0.3, 0.4) is 0 Å². The van der Waals surface area contributed by atoms with E-state index in [1.807, 2.05) is 0 Å². The van der Waals surface area contributed by atoms with Crippen molar-refractivity contribution in [2.45, 2.75) is 18.7 Å². The molecule has 2 N–H and O–H groups in total. The normalized spacial score (nSPS) is 22.7.